The Bertz CT molecular complexity index is 4200. The van der Waals surface area contributed by atoms with Crippen LogP contribution in [0.4, 0.5) is 68.2 Å². The number of nitrogens with two attached hydrogens (primary N) is 8. The van der Waals surface area contributed by atoms with Gasteiger partial charge in [-0.2, -0.15) is 0 Å². The maximum absolute atomic E-state index is 14.1. The highest BCUT2D eigenvalue weighted by Gasteiger charge is 2.22. The van der Waals surface area contributed by atoms with Gasteiger partial charge in [0.15, 0.2) is 0 Å². The minimum atomic E-state index is -0.823. The monoisotopic (exact) mass is 1720 g/mol. The van der Waals surface area contributed by atoms with Crippen LogP contribution in [-0.2, 0) is 57.5 Å². The minimum Gasteiger partial charge on any atom is -0.352 e. The Hall–Kier alpha value is -14.5. The molecule has 0 unspecified atom stereocenters. The Kier molecular flexibility index (Phi) is 41.1. The van der Waals surface area contributed by atoms with Gasteiger partial charge < -0.3 is 142 Å². The third kappa shape index (κ3) is 35.8. The Morgan fingerprint density at radius 2 is 0.258 bits per heavy atom. The molecule has 44 nitrogen and oxygen atoms in total. The molecule has 6 aromatic carbocycles. The lowest BCUT2D eigenvalue weighted by atomic mass is 10.1. The third-order valence-electron chi connectivity index (χ3n) is 16.8. The van der Waals surface area contributed by atoms with E-state index in [0.717, 1.165) is 0 Å². The van der Waals surface area contributed by atoms with E-state index < -0.39 is 106 Å². The molecule has 18 amide bonds. The first-order valence-electron chi connectivity index (χ1n) is 39.2. The van der Waals surface area contributed by atoms with Crippen molar-refractivity contribution in [1.82, 2.24) is 31.9 Å². The summed E-state index contributed by atoms with van der Waals surface area (Å²) < 4.78 is 0. The zero-order valence-electron chi connectivity index (χ0n) is 67.7. The van der Waals surface area contributed by atoms with Gasteiger partial charge in [0, 0.05) is 270 Å². The van der Waals surface area contributed by atoms with E-state index in [4.69, 9.17) is 45.9 Å². The summed E-state index contributed by atoms with van der Waals surface area (Å²) in [5, 5.41) is 47.1. The van der Waals surface area contributed by atoms with Crippen LogP contribution >= 0.6 is 0 Å². The lowest BCUT2D eigenvalue weighted by Gasteiger charge is -2.15. The maximum Gasteiger partial charge on any atom is 0.251 e. The summed E-state index contributed by atoms with van der Waals surface area (Å²) in [5.41, 5.74) is 44.8. The van der Waals surface area contributed by atoms with E-state index in [9.17, 15) is 86.3 Å². The molecule has 0 heterocycles. The predicted molar refractivity (Wildman–Crippen MR) is 464 cm³/mol. The van der Waals surface area contributed by atoms with Crippen molar-refractivity contribution in [3.05, 3.63) is 143 Å². The Labute approximate surface area is 710 Å². The second kappa shape index (κ2) is 51.8. The number of carbonyl (C=O) groups is 18. The fraction of sp³-hybridized carbons (Fsp3) is 0.325. The smallest absolute Gasteiger partial charge is 0.251 e. The van der Waals surface area contributed by atoms with Crippen molar-refractivity contribution >= 4 is 175 Å². The van der Waals surface area contributed by atoms with Crippen molar-refractivity contribution in [2.45, 2.75) is 77.0 Å². The summed E-state index contributed by atoms with van der Waals surface area (Å²) in [4.78, 5) is 237. The molecular formula is C80H104N26O18. The van der Waals surface area contributed by atoms with Crippen molar-refractivity contribution in [3.8, 4) is 0 Å². The first-order valence-corrected chi connectivity index (χ1v) is 39.2. The Morgan fingerprint density at radius 1 is 0.153 bits per heavy atom. The molecule has 0 aliphatic heterocycles. The molecule has 0 aliphatic carbocycles. The molecule has 0 spiro atoms. The van der Waals surface area contributed by atoms with Gasteiger partial charge in [0.1, 0.15) is 0 Å². The van der Waals surface area contributed by atoms with Crippen LogP contribution in [0.3, 0.4) is 0 Å². The standard InChI is InChI=1S/C80H104N26O18/c81-13-1-63(107)95-51-27-45(28-52(39-51)96-64(108)2-14-82)75(119)89-21-9-71(115)103-59-35-49(36-60(43-59)104-72(116)10-22-90-76(120)46-29-53(97-65(109)3-15-83)40-54(30-46)98-66(110)4-16-84)79(123)93-25-26-94-80(124)50-37-61(105-73(117)11-23-91-77(121)47-31-55(99-67(111)5-17-85)41-56(32-47)100-68(112)6-18-86)44-62(38-50)106-74(118)12-24-92-78(122)48-33-57(101-69(113)7-19-87)42-58(34-48)102-70(114)8-20-88/h27-44H,1-26,81-88H2,(H,89,119)(H,90,120)(H,91,121)(H,92,122)(H,93,123)(H,94,124)(H,95,107)(H,96,108)(H,97,109)(H,98,110)(H,99,111)(H,100,112)(H,101,113)(H,102,114)(H,103,115)(H,104,116)(H,105,117)(H,106,118). The predicted octanol–water partition coefficient (Wildman–Crippen LogP) is -0.821. The Morgan fingerprint density at radius 3 is 0.371 bits per heavy atom. The summed E-state index contributed by atoms with van der Waals surface area (Å²) >= 11 is 0. The number of anilines is 12. The van der Waals surface area contributed by atoms with Gasteiger partial charge in [-0.3, -0.25) is 86.3 Å². The number of amides is 18. The lowest BCUT2D eigenvalue weighted by molar-refractivity contribution is -0.117. The van der Waals surface area contributed by atoms with Gasteiger partial charge >= 0.3 is 0 Å². The zero-order chi connectivity index (χ0) is 90.6. The van der Waals surface area contributed by atoms with Gasteiger partial charge in [-0.15, -0.1) is 0 Å². The second-order valence-electron chi connectivity index (χ2n) is 27.2. The molecule has 34 N–H and O–H groups in total. The molecule has 0 bridgehead atoms. The molecule has 6 rings (SSSR count). The largest absolute Gasteiger partial charge is 0.352 e. The second-order valence-corrected chi connectivity index (χ2v) is 27.2. The normalized spacial score (nSPS) is 10.5. The van der Waals surface area contributed by atoms with Gasteiger partial charge in [0.2, 0.25) is 70.9 Å². The van der Waals surface area contributed by atoms with Crippen molar-refractivity contribution in [3.63, 3.8) is 0 Å². The average molecular weight is 1720 g/mol. The first kappa shape index (κ1) is 98.3. The molecule has 44 heteroatoms. The lowest BCUT2D eigenvalue weighted by Crippen LogP contribution is -2.35. The van der Waals surface area contributed by atoms with Crippen LogP contribution in [0.2, 0.25) is 0 Å². The fourth-order valence-electron chi connectivity index (χ4n) is 11.3. The van der Waals surface area contributed by atoms with E-state index in [1.807, 2.05) is 0 Å². The summed E-state index contributed by atoms with van der Waals surface area (Å²) in [7, 11) is 0. The molecular weight excluding hydrogens is 1610 g/mol. The first-order chi connectivity index (χ1) is 59.4. The van der Waals surface area contributed by atoms with E-state index in [1.54, 1.807) is 0 Å². The molecule has 6 aromatic rings. The van der Waals surface area contributed by atoms with Crippen molar-refractivity contribution in [2.75, 3.05) is 155 Å². The van der Waals surface area contributed by atoms with Crippen LogP contribution < -0.4 is 142 Å². The number of nitrogens with one attached hydrogen (secondary N) is 18. The van der Waals surface area contributed by atoms with Crippen molar-refractivity contribution < 1.29 is 86.3 Å². The van der Waals surface area contributed by atoms with E-state index >= 15 is 0 Å². The zero-order valence-corrected chi connectivity index (χ0v) is 67.7. The molecule has 124 heavy (non-hydrogen) atoms. The molecule has 0 radical (unpaired) electrons. The molecule has 662 valence electrons. The molecule has 0 aliphatic rings. The van der Waals surface area contributed by atoms with Crippen molar-refractivity contribution in [2.24, 2.45) is 45.9 Å². The van der Waals surface area contributed by atoms with Crippen molar-refractivity contribution in [1.29, 1.82) is 0 Å². The quantitative estimate of drug-likeness (QED) is 0.0207. The molecule has 0 atom stereocenters. The topological polar surface area (TPSA) is 732 Å². The summed E-state index contributed by atoms with van der Waals surface area (Å²) in [6.45, 7) is -1.57. The SMILES string of the molecule is NCCC(=O)Nc1cc(NC(=O)CCN)cc(C(=O)NCCC(=O)Nc2cc(NC(=O)CCNC(=O)c3cc(NC(=O)CCN)cc(NC(=O)CCN)c3)cc(C(=O)NCCNC(=O)c3cc(NC(=O)CCNC(=O)c4cc(NC(=O)CCN)cc(NC(=O)CCN)c4)cc(NC(=O)CCNC(=O)c4cc(NC(=O)CCN)cc(NC(=O)CCN)c4)c3)c2)c1. The third-order valence-corrected chi connectivity index (χ3v) is 16.8. The minimum absolute atomic E-state index is 0.0233. The number of hydrogen-bond donors (Lipinski definition) is 26. The highest BCUT2D eigenvalue weighted by Crippen LogP contribution is 2.27. The summed E-state index contributed by atoms with van der Waals surface area (Å²) in [5.74, 6) is -11.2. The Balaban J connectivity index is 1.21. The van der Waals surface area contributed by atoms with E-state index in [-0.39, 0.29) is 270 Å². The van der Waals surface area contributed by atoms with Gasteiger partial charge in [0.25, 0.3) is 35.4 Å². The van der Waals surface area contributed by atoms with Gasteiger partial charge in [-0.1, -0.05) is 0 Å². The van der Waals surface area contributed by atoms with Crippen LogP contribution in [0.15, 0.2) is 109 Å². The fourth-order valence-corrected chi connectivity index (χ4v) is 11.3. The van der Waals surface area contributed by atoms with Crippen LogP contribution in [-0.4, -0.2) is 198 Å². The van der Waals surface area contributed by atoms with Crippen LogP contribution in [0, 0.1) is 0 Å². The van der Waals surface area contributed by atoms with Gasteiger partial charge in [-0.05, 0) is 109 Å². The number of rotatable bonds is 49. The molecule has 0 fully saturated rings. The molecule has 0 saturated carbocycles. The summed E-state index contributed by atoms with van der Waals surface area (Å²) in [6, 6.07) is 23.9. The van der Waals surface area contributed by atoms with Crippen LogP contribution in [0.5, 0.6) is 0 Å². The maximum atomic E-state index is 14.1. The number of carbonyl (C=O) groups excluding carboxylic acids is 18. The summed E-state index contributed by atoms with van der Waals surface area (Å²) in [6.07, 6.45) is -1.98. The molecule has 0 aromatic heterocycles. The molecule has 0 saturated heterocycles. The van der Waals surface area contributed by atoms with E-state index in [0.29, 0.717) is 0 Å². The van der Waals surface area contributed by atoms with Crippen LogP contribution in [0.1, 0.15) is 139 Å². The van der Waals surface area contributed by atoms with Gasteiger partial charge in [-0.25, -0.2) is 0 Å². The van der Waals surface area contributed by atoms with Gasteiger partial charge in [0.05, 0.1) is 0 Å². The number of hydrogen-bond acceptors (Lipinski definition) is 26. The van der Waals surface area contributed by atoms with E-state index in [1.165, 1.54) is 109 Å². The van der Waals surface area contributed by atoms with Crippen LogP contribution in [0.25, 0.3) is 0 Å². The number of benzene rings is 6. The average Bonchev–Trinajstić information content (AvgIpc) is 0.856. The van der Waals surface area contributed by atoms with E-state index in [2.05, 4.69) is 95.7 Å². The highest BCUT2D eigenvalue weighted by molar-refractivity contribution is 6.08. The highest BCUT2D eigenvalue weighted by atomic mass is 16.2.